The summed E-state index contributed by atoms with van der Waals surface area (Å²) in [6.45, 7) is 0. The number of benzene rings is 1. The molecule has 0 bridgehead atoms. The number of H-pyrrole nitrogens is 1. The second-order valence-electron chi connectivity index (χ2n) is 4.21. The molecule has 4 N–H and O–H groups in total. The Morgan fingerprint density at radius 2 is 2.06 bits per heavy atom. The number of anilines is 1. The van der Waals surface area contributed by atoms with E-state index in [-0.39, 0.29) is 12.3 Å². The molecule has 2 amide bonds. The molecule has 7 nitrogen and oxygen atoms in total. The molecule has 1 aliphatic rings. The van der Waals surface area contributed by atoms with E-state index in [1.807, 2.05) is 0 Å². The number of amides is 2. The Hall–Kier alpha value is -2.57. The molecule has 0 aliphatic carbocycles. The van der Waals surface area contributed by atoms with Gasteiger partial charge in [-0.15, -0.1) is 0 Å². The Kier molecular flexibility index (Phi) is 2.03. The minimum absolute atomic E-state index is 0.0178. The number of imide groups is 1. The first-order valence-corrected chi connectivity index (χ1v) is 5.39. The lowest BCUT2D eigenvalue weighted by molar-refractivity contribution is -0.125. The van der Waals surface area contributed by atoms with Crippen LogP contribution >= 0.6 is 0 Å². The molecule has 0 spiro atoms. The van der Waals surface area contributed by atoms with Gasteiger partial charge in [0.1, 0.15) is 6.04 Å². The van der Waals surface area contributed by atoms with Gasteiger partial charge in [-0.25, -0.2) is 4.79 Å². The molecule has 1 aromatic carbocycles. The number of nitrogens with one attached hydrogen (secondary N) is 2. The number of nitrogens with two attached hydrogens (primary N) is 1. The number of rotatable bonds is 1. The largest absolute Gasteiger partial charge is 0.399 e. The highest BCUT2D eigenvalue weighted by molar-refractivity contribution is 6.05. The Morgan fingerprint density at radius 3 is 2.72 bits per heavy atom. The summed E-state index contributed by atoms with van der Waals surface area (Å²) in [4.78, 5) is 37.3. The monoisotopic (exact) mass is 246 g/mol. The van der Waals surface area contributed by atoms with Gasteiger partial charge in [0.15, 0.2) is 0 Å². The summed E-state index contributed by atoms with van der Waals surface area (Å²) >= 11 is 0. The summed E-state index contributed by atoms with van der Waals surface area (Å²) in [6.07, 6.45) is -0.0178. The van der Waals surface area contributed by atoms with E-state index in [0.717, 1.165) is 0 Å². The molecule has 2 heterocycles. The molecule has 1 saturated heterocycles. The van der Waals surface area contributed by atoms with Crippen molar-refractivity contribution in [3.63, 3.8) is 0 Å². The third-order valence-corrected chi connectivity index (χ3v) is 3.00. The quantitative estimate of drug-likeness (QED) is 0.465. The maximum Gasteiger partial charge on any atom is 0.327 e. The van der Waals surface area contributed by atoms with Crippen LogP contribution in [0.25, 0.3) is 11.0 Å². The average molecular weight is 246 g/mol. The van der Waals surface area contributed by atoms with Crippen molar-refractivity contribution in [3.05, 3.63) is 28.7 Å². The summed E-state index contributed by atoms with van der Waals surface area (Å²) in [7, 11) is 0. The lowest BCUT2D eigenvalue weighted by Gasteiger charge is -2.07. The van der Waals surface area contributed by atoms with Gasteiger partial charge < -0.3 is 10.7 Å². The Balaban J connectivity index is 2.23. The fourth-order valence-electron chi connectivity index (χ4n) is 2.21. The van der Waals surface area contributed by atoms with E-state index in [1.165, 1.54) is 4.57 Å². The van der Waals surface area contributed by atoms with Crippen LogP contribution in [0, 0.1) is 0 Å². The summed E-state index contributed by atoms with van der Waals surface area (Å²) < 4.78 is 1.29. The molecule has 1 atom stereocenters. The third kappa shape index (κ3) is 1.41. The topological polar surface area (TPSA) is 110 Å². The van der Waals surface area contributed by atoms with Crippen LogP contribution < -0.4 is 16.7 Å². The maximum absolute atomic E-state index is 11.9. The van der Waals surface area contributed by atoms with Gasteiger partial charge in [-0.3, -0.25) is 19.5 Å². The van der Waals surface area contributed by atoms with Crippen LogP contribution in [0.4, 0.5) is 5.69 Å². The predicted molar refractivity (Wildman–Crippen MR) is 63.8 cm³/mol. The number of carbonyl (C=O) groups excluding carboxylic acids is 2. The number of aromatic amines is 1. The van der Waals surface area contributed by atoms with Crippen molar-refractivity contribution in [1.82, 2.24) is 14.9 Å². The molecular weight excluding hydrogens is 236 g/mol. The molecule has 18 heavy (non-hydrogen) atoms. The van der Waals surface area contributed by atoms with Crippen molar-refractivity contribution in [3.8, 4) is 0 Å². The smallest absolute Gasteiger partial charge is 0.327 e. The zero-order valence-corrected chi connectivity index (χ0v) is 9.27. The van der Waals surface area contributed by atoms with E-state index in [1.54, 1.807) is 18.2 Å². The lowest BCUT2D eigenvalue weighted by atomic mass is 10.2. The minimum Gasteiger partial charge on any atom is -0.399 e. The van der Waals surface area contributed by atoms with E-state index in [9.17, 15) is 14.4 Å². The number of imidazole rings is 1. The van der Waals surface area contributed by atoms with E-state index in [2.05, 4.69) is 10.3 Å². The van der Waals surface area contributed by atoms with Crippen molar-refractivity contribution in [2.24, 2.45) is 0 Å². The summed E-state index contributed by atoms with van der Waals surface area (Å²) in [5.41, 5.74) is 6.82. The first-order valence-electron chi connectivity index (χ1n) is 5.39. The van der Waals surface area contributed by atoms with Gasteiger partial charge in [0.2, 0.25) is 11.8 Å². The molecule has 1 aromatic heterocycles. The van der Waals surface area contributed by atoms with Crippen molar-refractivity contribution >= 4 is 28.5 Å². The van der Waals surface area contributed by atoms with Crippen molar-refractivity contribution in [2.75, 3.05) is 5.73 Å². The molecule has 0 saturated carbocycles. The minimum atomic E-state index is -0.789. The fourth-order valence-corrected chi connectivity index (χ4v) is 2.21. The molecule has 1 unspecified atom stereocenters. The van der Waals surface area contributed by atoms with Crippen LogP contribution in [0.5, 0.6) is 0 Å². The molecule has 1 aliphatic heterocycles. The van der Waals surface area contributed by atoms with E-state index < -0.39 is 17.6 Å². The Bertz CT molecular complexity index is 727. The third-order valence-electron chi connectivity index (χ3n) is 3.00. The van der Waals surface area contributed by atoms with E-state index in [0.29, 0.717) is 16.7 Å². The highest BCUT2D eigenvalue weighted by atomic mass is 16.2. The van der Waals surface area contributed by atoms with Crippen LogP contribution in [0.1, 0.15) is 12.5 Å². The Labute approximate surface area is 101 Å². The number of carbonyl (C=O) groups is 2. The summed E-state index contributed by atoms with van der Waals surface area (Å²) in [5, 5.41) is 2.18. The number of nitrogen functional groups attached to an aromatic ring is 1. The highest BCUT2D eigenvalue weighted by Gasteiger charge is 2.34. The summed E-state index contributed by atoms with van der Waals surface area (Å²) in [5.74, 6) is -0.832. The van der Waals surface area contributed by atoms with Gasteiger partial charge in [-0.2, -0.15) is 0 Å². The average Bonchev–Trinajstić information content (AvgIpc) is 2.77. The van der Waals surface area contributed by atoms with Crippen LogP contribution in [0.3, 0.4) is 0 Å². The van der Waals surface area contributed by atoms with Crippen molar-refractivity contribution in [2.45, 2.75) is 12.5 Å². The first kappa shape index (κ1) is 10.6. The van der Waals surface area contributed by atoms with Gasteiger partial charge in [-0.05, 0) is 18.2 Å². The normalized spacial score (nSPS) is 19.4. The first-order chi connectivity index (χ1) is 8.56. The Morgan fingerprint density at radius 1 is 1.28 bits per heavy atom. The van der Waals surface area contributed by atoms with Gasteiger partial charge in [0.25, 0.3) is 0 Å². The maximum atomic E-state index is 11.9. The second kappa shape index (κ2) is 3.46. The number of fused-ring (bicyclic) bond motifs is 1. The fraction of sp³-hybridized carbons (Fsp3) is 0.182. The van der Waals surface area contributed by atoms with E-state index in [4.69, 9.17) is 5.73 Å². The molecule has 2 aromatic rings. The molecule has 3 rings (SSSR count). The number of hydrogen-bond donors (Lipinski definition) is 3. The molecule has 1 fully saturated rings. The van der Waals surface area contributed by atoms with Gasteiger partial charge in [-0.1, -0.05) is 0 Å². The lowest BCUT2D eigenvalue weighted by Crippen LogP contribution is -2.28. The molecular formula is C11H10N4O3. The SMILES string of the molecule is Nc1ccc2c(c1)[nH]c(=O)n2C1CC(=O)NC1=O. The standard InChI is InChI=1S/C11H10N4O3/c12-5-1-2-7-6(3-5)13-11(18)15(7)8-4-9(16)14-10(8)17/h1-3,8H,4,12H2,(H,13,18)(H,14,16,17). The zero-order valence-electron chi connectivity index (χ0n) is 9.27. The molecule has 92 valence electrons. The van der Waals surface area contributed by atoms with Crippen LogP contribution in [-0.2, 0) is 9.59 Å². The molecule has 0 radical (unpaired) electrons. The van der Waals surface area contributed by atoms with Crippen LogP contribution in [-0.4, -0.2) is 21.4 Å². The zero-order chi connectivity index (χ0) is 12.9. The van der Waals surface area contributed by atoms with Gasteiger partial charge >= 0.3 is 5.69 Å². The van der Waals surface area contributed by atoms with Crippen LogP contribution in [0.2, 0.25) is 0 Å². The van der Waals surface area contributed by atoms with E-state index >= 15 is 0 Å². The van der Waals surface area contributed by atoms with Gasteiger partial charge in [0, 0.05) is 5.69 Å². The highest BCUT2D eigenvalue weighted by Crippen LogP contribution is 2.22. The van der Waals surface area contributed by atoms with Crippen LogP contribution in [0.15, 0.2) is 23.0 Å². The number of aromatic nitrogens is 2. The molecule has 7 heteroatoms. The van der Waals surface area contributed by atoms with Crippen molar-refractivity contribution in [1.29, 1.82) is 0 Å². The van der Waals surface area contributed by atoms with Crippen molar-refractivity contribution < 1.29 is 9.59 Å². The number of nitrogens with zero attached hydrogens (tertiary/aromatic N) is 1. The summed E-state index contributed by atoms with van der Waals surface area (Å²) in [6, 6.07) is 4.11. The van der Waals surface area contributed by atoms with Gasteiger partial charge in [0.05, 0.1) is 17.5 Å². The number of hydrogen-bond acceptors (Lipinski definition) is 4. The second-order valence-corrected chi connectivity index (χ2v) is 4.21. The predicted octanol–water partition coefficient (Wildman–Crippen LogP) is -0.501.